The highest BCUT2D eigenvalue weighted by Gasteiger charge is 2.08. The summed E-state index contributed by atoms with van der Waals surface area (Å²) in [5, 5.41) is 7.40. The number of rotatable bonds is 3. The average Bonchev–Trinajstić information content (AvgIpc) is 2.68. The fraction of sp³-hybridized carbons (Fsp3) is 0.200. The fourth-order valence-electron chi connectivity index (χ4n) is 1.31. The first-order valence-corrected chi connectivity index (χ1v) is 5.08. The van der Waals surface area contributed by atoms with E-state index in [2.05, 4.69) is 10.2 Å². The van der Waals surface area contributed by atoms with Gasteiger partial charge in [0.2, 0.25) is 5.28 Å². The number of halogens is 2. The molecule has 0 aliphatic rings. The van der Waals surface area contributed by atoms with Crippen LogP contribution in [-0.4, -0.2) is 21.4 Å². The van der Waals surface area contributed by atoms with Crippen molar-refractivity contribution >= 4 is 11.6 Å². The molecule has 4 nitrogen and oxygen atoms in total. The lowest BCUT2D eigenvalue weighted by atomic mass is 10.3. The van der Waals surface area contributed by atoms with Crippen LogP contribution in [0.15, 0.2) is 24.5 Å². The molecule has 0 radical (unpaired) electrons. The molecule has 0 spiro atoms. The van der Waals surface area contributed by atoms with E-state index in [0.29, 0.717) is 12.3 Å². The van der Waals surface area contributed by atoms with Gasteiger partial charge in [0.25, 0.3) is 0 Å². The molecule has 1 aromatic heterocycles. The third-order valence-corrected chi connectivity index (χ3v) is 2.26. The second-order valence-corrected chi connectivity index (χ2v) is 3.36. The van der Waals surface area contributed by atoms with Gasteiger partial charge in [-0.1, -0.05) is 0 Å². The Bertz CT molecular complexity index is 501. The molecular weight excluding hydrogens is 233 g/mol. The minimum absolute atomic E-state index is 0.184. The van der Waals surface area contributed by atoms with E-state index >= 15 is 0 Å². The van der Waals surface area contributed by atoms with Crippen molar-refractivity contribution in [2.75, 3.05) is 6.61 Å². The summed E-state index contributed by atoms with van der Waals surface area (Å²) in [5.74, 6) is -0.223. The predicted octanol–water partition coefficient (Wildman–Crippen LogP) is 2.46. The zero-order valence-corrected chi connectivity index (χ0v) is 9.28. The van der Waals surface area contributed by atoms with E-state index in [4.69, 9.17) is 16.3 Å². The number of aromatic nitrogens is 3. The molecule has 0 saturated heterocycles. The molecule has 84 valence electrons. The monoisotopic (exact) mass is 241 g/mol. The van der Waals surface area contributed by atoms with E-state index in [1.165, 1.54) is 17.0 Å². The smallest absolute Gasteiger partial charge is 0.229 e. The first-order valence-electron chi connectivity index (χ1n) is 4.70. The second-order valence-electron chi connectivity index (χ2n) is 3.02. The Kier molecular flexibility index (Phi) is 3.05. The highest BCUT2D eigenvalue weighted by molar-refractivity contribution is 6.28. The number of benzene rings is 1. The van der Waals surface area contributed by atoms with Crippen LogP contribution in [0.25, 0.3) is 5.69 Å². The molecule has 1 aromatic carbocycles. The van der Waals surface area contributed by atoms with Gasteiger partial charge in [0.15, 0.2) is 11.6 Å². The Labute approximate surface area is 96.6 Å². The highest BCUT2D eigenvalue weighted by atomic mass is 35.5. The Morgan fingerprint density at radius 3 is 2.88 bits per heavy atom. The normalized spacial score (nSPS) is 10.4. The van der Waals surface area contributed by atoms with Gasteiger partial charge >= 0.3 is 0 Å². The van der Waals surface area contributed by atoms with Crippen LogP contribution in [0.3, 0.4) is 0 Å². The Hall–Kier alpha value is -1.62. The van der Waals surface area contributed by atoms with Gasteiger partial charge in [-0.25, -0.2) is 4.39 Å². The lowest BCUT2D eigenvalue weighted by molar-refractivity contribution is 0.321. The summed E-state index contributed by atoms with van der Waals surface area (Å²) in [6, 6.07) is 4.55. The van der Waals surface area contributed by atoms with Crippen molar-refractivity contribution in [1.29, 1.82) is 0 Å². The van der Waals surface area contributed by atoms with Gasteiger partial charge in [0.05, 0.1) is 12.3 Å². The van der Waals surface area contributed by atoms with E-state index in [1.807, 2.05) is 0 Å². The van der Waals surface area contributed by atoms with Gasteiger partial charge in [-0.15, -0.1) is 10.2 Å². The van der Waals surface area contributed by atoms with E-state index in [9.17, 15) is 4.39 Å². The van der Waals surface area contributed by atoms with Gasteiger partial charge in [0, 0.05) is 6.07 Å². The van der Waals surface area contributed by atoms with E-state index in [-0.39, 0.29) is 11.0 Å². The Morgan fingerprint density at radius 2 is 2.31 bits per heavy atom. The third-order valence-electron chi connectivity index (χ3n) is 2.00. The molecule has 1 heterocycles. The molecule has 0 amide bonds. The van der Waals surface area contributed by atoms with Crippen LogP contribution < -0.4 is 4.74 Å². The third kappa shape index (κ3) is 1.99. The SMILES string of the molecule is CCOc1ccc(-n2cnnc2Cl)cc1F. The van der Waals surface area contributed by atoms with Crippen LogP contribution in [0.1, 0.15) is 6.92 Å². The standard InChI is InChI=1S/C10H9ClFN3O/c1-2-16-9-4-3-7(5-8(9)12)15-6-13-14-10(15)11/h3-6H,2H2,1H3. The largest absolute Gasteiger partial charge is 0.491 e. The number of hydrogen-bond acceptors (Lipinski definition) is 3. The van der Waals surface area contributed by atoms with Crippen molar-refractivity contribution in [1.82, 2.24) is 14.8 Å². The van der Waals surface area contributed by atoms with Crippen LogP contribution >= 0.6 is 11.6 Å². The van der Waals surface area contributed by atoms with Gasteiger partial charge in [-0.05, 0) is 30.7 Å². The summed E-state index contributed by atoms with van der Waals surface area (Å²) < 4.78 is 20.1. The molecule has 0 aliphatic heterocycles. The molecule has 0 unspecified atom stereocenters. The summed E-state index contributed by atoms with van der Waals surface area (Å²) in [5.41, 5.74) is 0.552. The first-order chi connectivity index (χ1) is 7.72. The van der Waals surface area contributed by atoms with Gasteiger partial charge in [-0.2, -0.15) is 0 Å². The van der Waals surface area contributed by atoms with Crippen molar-refractivity contribution in [2.24, 2.45) is 0 Å². The molecule has 0 N–H and O–H groups in total. The molecule has 0 atom stereocenters. The Morgan fingerprint density at radius 1 is 1.50 bits per heavy atom. The van der Waals surface area contributed by atoms with E-state index < -0.39 is 5.82 Å². The summed E-state index contributed by atoms with van der Waals surface area (Å²) in [4.78, 5) is 0. The Balaban J connectivity index is 2.38. The number of ether oxygens (including phenoxy) is 1. The van der Waals surface area contributed by atoms with E-state index in [0.717, 1.165) is 0 Å². The highest BCUT2D eigenvalue weighted by Crippen LogP contribution is 2.21. The van der Waals surface area contributed by atoms with Gasteiger partial charge < -0.3 is 4.74 Å². The zero-order valence-electron chi connectivity index (χ0n) is 8.52. The number of nitrogens with zero attached hydrogens (tertiary/aromatic N) is 3. The number of hydrogen-bond donors (Lipinski definition) is 0. The predicted molar refractivity (Wildman–Crippen MR) is 57.5 cm³/mol. The molecule has 2 aromatic rings. The van der Waals surface area contributed by atoms with Gasteiger partial charge in [0.1, 0.15) is 6.33 Å². The van der Waals surface area contributed by atoms with Crippen LogP contribution in [0.5, 0.6) is 5.75 Å². The van der Waals surface area contributed by atoms with Crippen LogP contribution in [0, 0.1) is 5.82 Å². The van der Waals surface area contributed by atoms with Crippen molar-refractivity contribution in [2.45, 2.75) is 6.92 Å². The van der Waals surface area contributed by atoms with Crippen molar-refractivity contribution in [3.63, 3.8) is 0 Å². The van der Waals surface area contributed by atoms with Gasteiger partial charge in [-0.3, -0.25) is 4.57 Å². The van der Waals surface area contributed by atoms with Crippen molar-refractivity contribution in [3.8, 4) is 11.4 Å². The minimum atomic E-state index is -0.441. The molecular formula is C10H9ClFN3O. The summed E-state index contributed by atoms with van der Waals surface area (Å²) in [6.45, 7) is 2.22. The zero-order chi connectivity index (χ0) is 11.5. The second kappa shape index (κ2) is 4.49. The maximum atomic E-state index is 13.5. The van der Waals surface area contributed by atoms with Crippen LogP contribution in [0.2, 0.25) is 5.28 Å². The molecule has 0 fully saturated rings. The maximum Gasteiger partial charge on any atom is 0.229 e. The fourth-order valence-corrected chi connectivity index (χ4v) is 1.49. The molecule has 2 rings (SSSR count). The maximum absolute atomic E-state index is 13.5. The first kappa shape index (κ1) is 10.9. The molecule has 16 heavy (non-hydrogen) atoms. The summed E-state index contributed by atoms with van der Waals surface area (Å²) >= 11 is 5.76. The van der Waals surface area contributed by atoms with Crippen LogP contribution in [0.4, 0.5) is 4.39 Å². The quantitative estimate of drug-likeness (QED) is 0.829. The molecule has 6 heteroatoms. The van der Waals surface area contributed by atoms with Crippen LogP contribution in [-0.2, 0) is 0 Å². The summed E-state index contributed by atoms with van der Waals surface area (Å²) in [6.07, 6.45) is 1.41. The minimum Gasteiger partial charge on any atom is -0.491 e. The molecule has 0 aliphatic carbocycles. The molecule has 0 saturated carbocycles. The van der Waals surface area contributed by atoms with Crippen molar-refractivity contribution in [3.05, 3.63) is 35.6 Å². The van der Waals surface area contributed by atoms with E-state index in [1.54, 1.807) is 19.1 Å². The van der Waals surface area contributed by atoms with Crippen molar-refractivity contribution < 1.29 is 9.13 Å². The molecule has 0 bridgehead atoms. The summed E-state index contributed by atoms with van der Waals surface area (Å²) in [7, 11) is 0. The lowest BCUT2D eigenvalue weighted by Crippen LogP contribution is -1.97. The topological polar surface area (TPSA) is 39.9 Å². The lowest BCUT2D eigenvalue weighted by Gasteiger charge is -2.07. The average molecular weight is 242 g/mol.